The third-order valence-electron chi connectivity index (χ3n) is 6.17. The molecule has 0 atom stereocenters. The van der Waals surface area contributed by atoms with Crippen LogP contribution < -0.4 is 10.2 Å². The molecule has 0 spiro atoms. The topological polar surface area (TPSA) is 87.4 Å². The quantitative estimate of drug-likeness (QED) is 0.673. The first-order valence-electron chi connectivity index (χ1n) is 11.3. The molecule has 0 unspecified atom stereocenters. The molecule has 1 fully saturated rings. The number of hydrogen-bond acceptors (Lipinski definition) is 7. The van der Waals surface area contributed by atoms with E-state index < -0.39 is 0 Å². The molecule has 8 nitrogen and oxygen atoms in total. The number of fused-ring (bicyclic) bond motifs is 1. The Morgan fingerprint density at radius 3 is 2.53 bits per heavy atom. The molecule has 5 rings (SSSR count). The molecule has 0 radical (unpaired) electrons. The lowest BCUT2D eigenvalue weighted by molar-refractivity contribution is 0.0734. The van der Waals surface area contributed by atoms with Crippen LogP contribution in [0.4, 0.5) is 17.5 Å². The highest BCUT2D eigenvalue weighted by Gasteiger charge is 2.30. The highest BCUT2D eigenvalue weighted by Crippen LogP contribution is 2.26. The van der Waals surface area contributed by atoms with Gasteiger partial charge in [-0.25, -0.2) is 4.98 Å². The number of rotatable bonds is 4. The number of carbonyl (C=O) groups is 1. The Morgan fingerprint density at radius 2 is 1.75 bits per heavy atom. The van der Waals surface area contributed by atoms with Gasteiger partial charge in [0, 0.05) is 55.6 Å². The summed E-state index contributed by atoms with van der Waals surface area (Å²) >= 11 is 0. The van der Waals surface area contributed by atoms with Gasteiger partial charge in [0.05, 0.1) is 0 Å². The Hall–Kier alpha value is -3.42. The van der Waals surface area contributed by atoms with Crippen LogP contribution in [0.25, 0.3) is 0 Å². The predicted molar refractivity (Wildman–Crippen MR) is 122 cm³/mol. The standard InChI is InChI=1S/C24H28N6O2/c1-16-7-9-18(10-8-16)26-21-15-17(2)25-24(27-21)30-13-11-29(12-14-30)23(31)22-19-5-3-4-6-20(19)32-28-22/h7-10,15H,3-6,11-14H2,1-2H3,(H,25,26,27). The van der Waals surface area contributed by atoms with E-state index in [9.17, 15) is 4.79 Å². The summed E-state index contributed by atoms with van der Waals surface area (Å²) in [7, 11) is 0. The van der Waals surface area contributed by atoms with Crippen LogP contribution in [0.3, 0.4) is 0 Å². The van der Waals surface area contributed by atoms with Gasteiger partial charge in [0.2, 0.25) is 5.95 Å². The Bertz CT molecular complexity index is 1120. The first kappa shape index (κ1) is 20.5. The Balaban J connectivity index is 1.26. The van der Waals surface area contributed by atoms with Gasteiger partial charge in [0.25, 0.3) is 5.91 Å². The molecule has 1 aromatic carbocycles. The van der Waals surface area contributed by atoms with Crippen LogP contribution in [0.2, 0.25) is 0 Å². The second kappa shape index (κ2) is 8.61. The first-order chi connectivity index (χ1) is 15.6. The van der Waals surface area contributed by atoms with Crippen LogP contribution in [-0.2, 0) is 12.8 Å². The maximum Gasteiger partial charge on any atom is 0.276 e. The average molecular weight is 433 g/mol. The number of aromatic nitrogens is 3. The van der Waals surface area contributed by atoms with E-state index in [1.165, 1.54) is 5.56 Å². The van der Waals surface area contributed by atoms with Gasteiger partial charge < -0.3 is 19.6 Å². The highest BCUT2D eigenvalue weighted by molar-refractivity contribution is 5.94. The smallest absolute Gasteiger partial charge is 0.276 e. The van der Waals surface area contributed by atoms with E-state index in [-0.39, 0.29) is 5.91 Å². The second-order valence-electron chi connectivity index (χ2n) is 8.60. The number of hydrogen-bond donors (Lipinski definition) is 1. The van der Waals surface area contributed by atoms with Crippen LogP contribution >= 0.6 is 0 Å². The minimum atomic E-state index is -0.0246. The normalized spacial score (nSPS) is 16.1. The van der Waals surface area contributed by atoms with Gasteiger partial charge in [0.1, 0.15) is 11.6 Å². The van der Waals surface area contributed by atoms with E-state index in [2.05, 4.69) is 39.4 Å². The molecular formula is C24H28N6O2. The molecule has 32 heavy (non-hydrogen) atoms. The van der Waals surface area contributed by atoms with Gasteiger partial charge in [-0.3, -0.25) is 4.79 Å². The monoisotopic (exact) mass is 432 g/mol. The van der Waals surface area contributed by atoms with Gasteiger partial charge in [-0.15, -0.1) is 0 Å². The number of benzene rings is 1. The van der Waals surface area contributed by atoms with Gasteiger partial charge >= 0.3 is 0 Å². The van der Waals surface area contributed by atoms with Crippen LogP contribution in [0.15, 0.2) is 34.9 Å². The molecule has 166 valence electrons. The van der Waals surface area contributed by atoms with E-state index in [1.54, 1.807) is 0 Å². The van der Waals surface area contributed by atoms with Crippen LogP contribution in [0.1, 0.15) is 45.9 Å². The minimum Gasteiger partial charge on any atom is -0.360 e. The zero-order valence-corrected chi connectivity index (χ0v) is 18.6. The zero-order valence-electron chi connectivity index (χ0n) is 18.6. The molecule has 8 heteroatoms. The molecule has 3 aromatic rings. The third kappa shape index (κ3) is 4.17. The molecular weight excluding hydrogens is 404 g/mol. The van der Waals surface area contributed by atoms with Crippen LogP contribution in [0, 0.1) is 13.8 Å². The number of amides is 1. The lowest BCUT2D eigenvalue weighted by Crippen LogP contribution is -2.49. The summed E-state index contributed by atoms with van der Waals surface area (Å²) in [6.45, 7) is 6.62. The van der Waals surface area contributed by atoms with Crippen molar-refractivity contribution < 1.29 is 9.32 Å². The van der Waals surface area contributed by atoms with Gasteiger partial charge in [-0.05, 0) is 45.2 Å². The first-order valence-corrected chi connectivity index (χ1v) is 11.3. The summed E-state index contributed by atoms with van der Waals surface area (Å²) in [5.41, 5.74) is 4.62. The van der Waals surface area contributed by atoms with Gasteiger partial charge in [0.15, 0.2) is 5.69 Å². The van der Waals surface area contributed by atoms with Crippen LogP contribution in [0.5, 0.6) is 0 Å². The summed E-state index contributed by atoms with van der Waals surface area (Å²) in [6, 6.07) is 10.2. The largest absolute Gasteiger partial charge is 0.360 e. The van der Waals surface area contributed by atoms with Gasteiger partial charge in [-0.2, -0.15) is 4.98 Å². The summed E-state index contributed by atoms with van der Waals surface area (Å²) in [5.74, 6) is 2.32. The number of piperazine rings is 1. The van der Waals surface area contributed by atoms with E-state index in [0.717, 1.165) is 54.2 Å². The van der Waals surface area contributed by atoms with Crippen molar-refractivity contribution in [2.75, 3.05) is 36.4 Å². The second-order valence-corrected chi connectivity index (χ2v) is 8.60. The molecule has 1 amide bonds. The molecule has 1 aliphatic carbocycles. The zero-order chi connectivity index (χ0) is 22.1. The number of carbonyl (C=O) groups excluding carboxylic acids is 1. The fraction of sp³-hybridized carbons (Fsp3) is 0.417. The summed E-state index contributed by atoms with van der Waals surface area (Å²) in [4.78, 5) is 26.4. The van der Waals surface area contributed by atoms with Crippen molar-refractivity contribution in [3.05, 3.63) is 58.6 Å². The van der Waals surface area contributed by atoms with Crippen molar-refractivity contribution in [1.29, 1.82) is 0 Å². The lowest BCUT2D eigenvalue weighted by Gasteiger charge is -2.34. The molecule has 3 heterocycles. The number of nitrogens with one attached hydrogen (secondary N) is 1. The van der Waals surface area contributed by atoms with E-state index >= 15 is 0 Å². The molecule has 1 aliphatic heterocycles. The minimum absolute atomic E-state index is 0.0246. The van der Waals surface area contributed by atoms with Crippen molar-refractivity contribution >= 4 is 23.4 Å². The van der Waals surface area contributed by atoms with Crippen LogP contribution in [-0.4, -0.2) is 52.1 Å². The van der Waals surface area contributed by atoms with Crippen molar-refractivity contribution in [3.8, 4) is 0 Å². The lowest BCUT2D eigenvalue weighted by atomic mass is 9.96. The molecule has 2 aliphatic rings. The SMILES string of the molecule is Cc1ccc(Nc2cc(C)nc(N3CCN(C(=O)c4noc5c4CCCC5)CC3)n2)cc1. The maximum atomic E-state index is 13.1. The maximum absolute atomic E-state index is 13.1. The van der Waals surface area contributed by atoms with E-state index in [4.69, 9.17) is 9.51 Å². The molecule has 2 aromatic heterocycles. The Morgan fingerprint density at radius 1 is 1.00 bits per heavy atom. The predicted octanol–water partition coefficient (Wildman–Crippen LogP) is 3.67. The molecule has 1 N–H and O–H groups in total. The Labute approximate surface area is 187 Å². The summed E-state index contributed by atoms with van der Waals surface area (Å²) in [5, 5.41) is 7.47. The van der Waals surface area contributed by atoms with Crippen molar-refractivity contribution in [3.63, 3.8) is 0 Å². The van der Waals surface area contributed by atoms with Gasteiger partial charge in [-0.1, -0.05) is 22.9 Å². The van der Waals surface area contributed by atoms with E-state index in [1.807, 2.05) is 30.0 Å². The summed E-state index contributed by atoms with van der Waals surface area (Å²) < 4.78 is 5.44. The highest BCUT2D eigenvalue weighted by atomic mass is 16.5. The number of aryl methyl sites for hydroxylation is 3. The number of nitrogens with zero attached hydrogens (tertiary/aromatic N) is 5. The van der Waals surface area contributed by atoms with Crippen molar-refractivity contribution in [2.45, 2.75) is 39.5 Å². The summed E-state index contributed by atoms with van der Waals surface area (Å²) in [6.07, 6.45) is 3.96. The fourth-order valence-corrected chi connectivity index (χ4v) is 4.36. The van der Waals surface area contributed by atoms with Crippen molar-refractivity contribution in [2.24, 2.45) is 0 Å². The third-order valence-corrected chi connectivity index (χ3v) is 6.17. The Kier molecular flexibility index (Phi) is 5.51. The molecule has 0 saturated carbocycles. The van der Waals surface area contributed by atoms with E-state index in [0.29, 0.717) is 37.8 Å². The average Bonchev–Trinajstić information content (AvgIpc) is 3.24. The molecule has 0 bridgehead atoms. The fourth-order valence-electron chi connectivity index (χ4n) is 4.36. The molecule has 1 saturated heterocycles. The number of anilines is 3. The van der Waals surface area contributed by atoms with Crippen molar-refractivity contribution in [1.82, 2.24) is 20.0 Å².